The number of benzene rings is 1. The van der Waals surface area contributed by atoms with Gasteiger partial charge in [0.2, 0.25) is 5.95 Å². The number of halogens is 2. The first kappa shape index (κ1) is 14.5. The van der Waals surface area contributed by atoms with Gasteiger partial charge in [-0.05, 0) is 17.7 Å². The topological polar surface area (TPSA) is 84.3 Å². The maximum absolute atomic E-state index is 12.7. The van der Waals surface area contributed by atoms with Crippen LogP contribution in [0.5, 0.6) is 0 Å². The Kier molecular flexibility index (Phi) is 3.33. The molecule has 0 radical (unpaired) electrons. The zero-order chi connectivity index (χ0) is 16.7. The lowest BCUT2D eigenvalue weighted by Crippen LogP contribution is -2.07. The van der Waals surface area contributed by atoms with Gasteiger partial charge in [0, 0.05) is 30.4 Å². The Morgan fingerprint density at radius 2 is 2.21 bits per heavy atom. The summed E-state index contributed by atoms with van der Waals surface area (Å²) >= 11 is 0. The molecule has 9 heteroatoms. The summed E-state index contributed by atoms with van der Waals surface area (Å²) in [5.41, 5.74) is 3.58. The van der Waals surface area contributed by atoms with Crippen molar-refractivity contribution in [1.82, 2.24) is 29.9 Å². The zero-order valence-corrected chi connectivity index (χ0v) is 12.7. The normalized spacial score (nSPS) is 11.7. The van der Waals surface area contributed by atoms with Gasteiger partial charge in [0.05, 0.1) is 5.52 Å². The van der Waals surface area contributed by atoms with Gasteiger partial charge in [0.1, 0.15) is 17.7 Å². The van der Waals surface area contributed by atoms with E-state index in [2.05, 4.69) is 30.6 Å². The SMILES string of the molecule is CNc1ncc2c(-c3ccc4nnn(CC(F)F)c4c3)c[nH]c2n1. The van der Waals surface area contributed by atoms with Crippen LogP contribution in [0.3, 0.4) is 0 Å². The standard InChI is InChI=1S/C15H13F2N7/c1-18-15-20-6-10-9(5-19-14(10)21-15)8-2-3-11-12(4-8)24(23-22-11)7-13(16)17/h2-6,13H,7H2,1H3,(H2,18,19,20,21). The summed E-state index contributed by atoms with van der Waals surface area (Å²) < 4.78 is 26.5. The highest BCUT2D eigenvalue weighted by atomic mass is 19.3. The number of anilines is 1. The number of hydrogen-bond acceptors (Lipinski definition) is 5. The number of alkyl halides is 2. The van der Waals surface area contributed by atoms with Crippen LogP contribution in [0.1, 0.15) is 0 Å². The van der Waals surface area contributed by atoms with Crippen LogP contribution in [0.2, 0.25) is 0 Å². The maximum atomic E-state index is 12.7. The molecule has 7 nitrogen and oxygen atoms in total. The van der Waals surface area contributed by atoms with Crippen LogP contribution in [0, 0.1) is 0 Å². The minimum absolute atomic E-state index is 0.484. The van der Waals surface area contributed by atoms with E-state index in [9.17, 15) is 8.78 Å². The Bertz CT molecular complexity index is 1020. The van der Waals surface area contributed by atoms with E-state index in [1.54, 1.807) is 25.4 Å². The second kappa shape index (κ2) is 5.52. The third-order valence-electron chi connectivity index (χ3n) is 3.79. The number of nitrogens with one attached hydrogen (secondary N) is 2. The highest BCUT2D eigenvalue weighted by Crippen LogP contribution is 2.29. The van der Waals surface area contributed by atoms with Gasteiger partial charge in [-0.2, -0.15) is 4.98 Å². The van der Waals surface area contributed by atoms with Gasteiger partial charge in [0.15, 0.2) is 0 Å². The van der Waals surface area contributed by atoms with Crippen molar-refractivity contribution in [2.45, 2.75) is 13.0 Å². The lowest BCUT2D eigenvalue weighted by molar-refractivity contribution is 0.122. The minimum atomic E-state index is -2.49. The number of nitrogens with zero attached hydrogens (tertiary/aromatic N) is 5. The van der Waals surface area contributed by atoms with Gasteiger partial charge in [-0.1, -0.05) is 11.3 Å². The summed E-state index contributed by atoms with van der Waals surface area (Å²) in [7, 11) is 1.75. The van der Waals surface area contributed by atoms with Crippen molar-refractivity contribution in [3.8, 4) is 11.1 Å². The molecular weight excluding hydrogens is 316 g/mol. The fourth-order valence-corrected chi connectivity index (χ4v) is 2.66. The van der Waals surface area contributed by atoms with E-state index < -0.39 is 13.0 Å². The fourth-order valence-electron chi connectivity index (χ4n) is 2.66. The molecule has 0 saturated heterocycles. The maximum Gasteiger partial charge on any atom is 0.258 e. The number of rotatable bonds is 4. The van der Waals surface area contributed by atoms with Crippen molar-refractivity contribution in [1.29, 1.82) is 0 Å². The first-order valence-electron chi connectivity index (χ1n) is 7.29. The molecule has 0 aliphatic rings. The zero-order valence-electron chi connectivity index (χ0n) is 12.7. The first-order chi connectivity index (χ1) is 11.7. The number of aromatic amines is 1. The van der Waals surface area contributed by atoms with E-state index in [1.165, 1.54) is 4.68 Å². The molecule has 4 rings (SSSR count). The third-order valence-corrected chi connectivity index (χ3v) is 3.79. The molecule has 0 spiro atoms. The molecule has 122 valence electrons. The van der Waals surface area contributed by atoms with Crippen LogP contribution in [-0.4, -0.2) is 43.4 Å². The van der Waals surface area contributed by atoms with Gasteiger partial charge in [-0.3, -0.25) is 0 Å². The molecule has 0 aliphatic carbocycles. The molecule has 0 bridgehead atoms. The molecule has 24 heavy (non-hydrogen) atoms. The Morgan fingerprint density at radius 3 is 3.00 bits per heavy atom. The quantitative estimate of drug-likeness (QED) is 0.601. The fraction of sp³-hybridized carbons (Fsp3) is 0.200. The first-order valence-corrected chi connectivity index (χ1v) is 7.29. The summed E-state index contributed by atoms with van der Waals surface area (Å²) in [5, 5.41) is 11.4. The summed E-state index contributed by atoms with van der Waals surface area (Å²) in [4.78, 5) is 11.7. The number of H-pyrrole nitrogens is 1. The summed E-state index contributed by atoms with van der Waals surface area (Å²) in [6, 6.07) is 5.44. The van der Waals surface area contributed by atoms with Gasteiger partial charge in [-0.15, -0.1) is 5.10 Å². The smallest absolute Gasteiger partial charge is 0.258 e. The van der Waals surface area contributed by atoms with Gasteiger partial charge in [0.25, 0.3) is 6.43 Å². The average Bonchev–Trinajstić information content (AvgIpc) is 3.17. The van der Waals surface area contributed by atoms with E-state index in [4.69, 9.17) is 0 Å². The van der Waals surface area contributed by atoms with Gasteiger partial charge < -0.3 is 10.3 Å². The molecule has 0 unspecified atom stereocenters. The van der Waals surface area contributed by atoms with Crippen molar-refractivity contribution < 1.29 is 8.78 Å². The van der Waals surface area contributed by atoms with E-state index in [1.807, 2.05) is 12.3 Å². The van der Waals surface area contributed by atoms with E-state index in [-0.39, 0.29) is 0 Å². The monoisotopic (exact) mass is 329 g/mol. The molecule has 0 fully saturated rings. The van der Waals surface area contributed by atoms with Gasteiger partial charge in [-0.25, -0.2) is 18.4 Å². The summed E-state index contributed by atoms with van der Waals surface area (Å²) in [5.74, 6) is 0.519. The van der Waals surface area contributed by atoms with E-state index in [0.29, 0.717) is 22.6 Å². The molecule has 2 N–H and O–H groups in total. The van der Waals surface area contributed by atoms with Crippen molar-refractivity contribution in [2.75, 3.05) is 12.4 Å². The van der Waals surface area contributed by atoms with Crippen molar-refractivity contribution >= 4 is 28.0 Å². The number of fused-ring (bicyclic) bond motifs is 2. The minimum Gasteiger partial charge on any atom is -0.357 e. The highest BCUT2D eigenvalue weighted by molar-refractivity contribution is 5.95. The molecule has 1 aromatic carbocycles. The van der Waals surface area contributed by atoms with Crippen LogP contribution in [-0.2, 0) is 6.54 Å². The third kappa shape index (κ3) is 2.34. The molecule has 3 heterocycles. The summed E-state index contributed by atoms with van der Waals surface area (Å²) in [6.07, 6.45) is 1.06. The lowest BCUT2D eigenvalue weighted by atomic mass is 10.1. The Labute approximate surface area is 134 Å². The largest absolute Gasteiger partial charge is 0.357 e. The Balaban J connectivity index is 1.84. The molecule has 0 saturated carbocycles. The molecule has 0 atom stereocenters. The van der Waals surface area contributed by atoms with Crippen LogP contribution in [0.4, 0.5) is 14.7 Å². The number of hydrogen-bond donors (Lipinski definition) is 2. The van der Waals surface area contributed by atoms with Crippen LogP contribution < -0.4 is 5.32 Å². The lowest BCUT2D eigenvalue weighted by Gasteiger charge is -2.03. The van der Waals surface area contributed by atoms with E-state index >= 15 is 0 Å². The van der Waals surface area contributed by atoms with Crippen molar-refractivity contribution in [3.05, 3.63) is 30.6 Å². The van der Waals surface area contributed by atoms with Gasteiger partial charge >= 0.3 is 0 Å². The van der Waals surface area contributed by atoms with Crippen LogP contribution in [0.25, 0.3) is 33.2 Å². The second-order valence-corrected chi connectivity index (χ2v) is 5.27. The van der Waals surface area contributed by atoms with Crippen LogP contribution in [0.15, 0.2) is 30.6 Å². The predicted molar refractivity (Wildman–Crippen MR) is 86.0 cm³/mol. The molecule has 4 aromatic rings. The van der Waals surface area contributed by atoms with E-state index in [0.717, 1.165) is 16.5 Å². The molecular formula is C15H13F2N7. The van der Waals surface area contributed by atoms with Crippen LogP contribution >= 0.6 is 0 Å². The van der Waals surface area contributed by atoms with Crippen molar-refractivity contribution in [2.24, 2.45) is 0 Å². The molecule has 0 aliphatic heterocycles. The van der Waals surface area contributed by atoms with Crippen molar-refractivity contribution in [3.63, 3.8) is 0 Å². The molecule has 3 aromatic heterocycles. The highest BCUT2D eigenvalue weighted by Gasteiger charge is 2.13. The summed E-state index contributed by atoms with van der Waals surface area (Å²) in [6.45, 7) is -0.484. The Morgan fingerprint density at radius 1 is 1.33 bits per heavy atom. The average molecular weight is 329 g/mol. The number of aromatic nitrogens is 6. The second-order valence-electron chi connectivity index (χ2n) is 5.27. The Hall–Kier alpha value is -3.10. The predicted octanol–water partition coefficient (Wildman–Crippen LogP) is 2.68. The molecule has 0 amide bonds.